The van der Waals surface area contributed by atoms with Gasteiger partial charge in [0.05, 0.1) is 0 Å². The fourth-order valence-electron chi connectivity index (χ4n) is 2.26. The molecule has 0 saturated carbocycles. The molecule has 1 unspecified atom stereocenters. The quantitative estimate of drug-likeness (QED) is 0.835. The SMILES string of the molecule is CC1(NC(N)=S)C=CC=CN1CCc1ccccc1F. The predicted molar refractivity (Wildman–Crippen MR) is 83.4 cm³/mol. The van der Waals surface area contributed by atoms with Gasteiger partial charge in [-0.25, -0.2) is 4.39 Å². The summed E-state index contributed by atoms with van der Waals surface area (Å²) in [6, 6.07) is 6.82. The Hall–Kier alpha value is -1.88. The van der Waals surface area contributed by atoms with E-state index < -0.39 is 5.66 Å². The van der Waals surface area contributed by atoms with Crippen molar-refractivity contribution in [3.63, 3.8) is 0 Å². The van der Waals surface area contributed by atoms with E-state index in [-0.39, 0.29) is 10.9 Å². The molecular weight excluding hydrogens is 273 g/mol. The average molecular weight is 291 g/mol. The molecule has 106 valence electrons. The summed E-state index contributed by atoms with van der Waals surface area (Å²) in [6.45, 7) is 2.64. The maximum absolute atomic E-state index is 13.6. The monoisotopic (exact) mass is 291 g/mol. The molecular formula is C15H18FN3S. The Bertz CT molecular complexity index is 556. The molecule has 5 heteroatoms. The highest BCUT2D eigenvalue weighted by atomic mass is 32.1. The zero-order valence-electron chi connectivity index (χ0n) is 11.3. The van der Waals surface area contributed by atoms with Crippen molar-refractivity contribution in [1.82, 2.24) is 10.2 Å². The number of hydrogen-bond donors (Lipinski definition) is 2. The fraction of sp³-hybridized carbons (Fsp3) is 0.267. The van der Waals surface area contributed by atoms with Gasteiger partial charge >= 0.3 is 0 Å². The van der Waals surface area contributed by atoms with Crippen LogP contribution < -0.4 is 11.1 Å². The predicted octanol–water partition coefficient (Wildman–Crippen LogP) is 2.30. The molecule has 0 saturated heterocycles. The zero-order valence-corrected chi connectivity index (χ0v) is 12.2. The number of allylic oxidation sites excluding steroid dienone is 2. The summed E-state index contributed by atoms with van der Waals surface area (Å²) < 4.78 is 13.6. The van der Waals surface area contributed by atoms with Crippen LogP contribution in [0.4, 0.5) is 4.39 Å². The van der Waals surface area contributed by atoms with E-state index in [0.29, 0.717) is 18.5 Å². The Labute approximate surface area is 124 Å². The summed E-state index contributed by atoms with van der Waals surface area (Å²) in [5.41, 5.74) is 5.80. The number of benzene rings is 1. The second-order valence-corrected chi connectivity index (χ2v) is 5.31. The van der Waals surface area contributed by atoms with Gasteiger partial charge in [-0.2, -0.15) is 0 Å². The third kappa shape index (κ3) is 3.36. The summed E-state index contributed by atoms with van der Waals surface area (Å²) >= 11 is 4.92. The van der Waals surface area contributed by atoms with Crippen molar-refractivity contribution in [2.45, 2.75) is 19.0 Å². The first-order valence-electron chi connectivity index (χ1n) is 6.45. The van der Waals surface area contributed by atoms with Gasteiger partial charge in [0.2, 0.25) is 0 Å². The maximum Gasteiger partial charge on any atom is 0.165 e. The number of nitrogens with zero attached hydrogens (tertiary/aromatic N) is 1. The van der Waals surface area contributed by atoms with Crippen LogP contribution in [0.2, 0.25) is 0 Å². The number of nitrogens with two attached hydrogens (primary N) is 1. The molecule has 0 fully saturated rings. The Morgan fingerprint density at radius 3 is 2.85 bits per heavy atom. The highest BCUT2D eigenvalue weighted by Crippen LogP contribution is 2.19. The van der Waals surface area contributed by atoms with Gasteiger partial charge in [0.15, 0.2) is 5.11 Å². The molecule has 0 aromatic heterocycles. The Balaban J connectivity index is 2.07. The standard InChI is InChI=1S/C15H18FN3S/c1-15(18-14(17)20)9-4-5-10-19(15)11-8-12-6-2-3-7-13(12)16/h2-7,9-10H,8,11H2,1H3,(H3,17,18,20). The summed E-state index contributed by atoms with van der Waals surface area (Å²) in [5.74, 6) is -0.173. The Morgan fingerprint density at radius 1 is 1.40 bits per heavy atom. The topological polar surface area (TPSA) is 41.3 Å². The molecule has 1 aliphatic heterocycles. The number of thiocarbonyl (C=S) groups is 1. The van der Waals surface area contributed by atoms with Crippen LogP contribution in [0.15, 0.2) is 48.7 Å². The van der Waals surface area contributed by atoms with Gasteiger partial charge in [-0.05, 0) is 49.3 Å². The van der Waals surface area contributed by atoms with Crippen LogP contribution in [0.3, 0.4) is 0 Å². The number of rotatable bonds is 4. The van der Waals surface area contributed by atoms with Crippen molar-refractivity contribution in [2.24, 2.45) is 5.73 Å². The van der Waals surface area contributed by atoms with E-state index in [1.54, 1.807) is 12.1 Å². The van der Waals surface area contributed by atoms with Crippen LogP contribution in [0.1, 0.15) is 12.5 Å². The molecule has 0 bridgehead atoms. The highest BCUT2D eigenvalue weighted by Gasteiger charge is 2.28. The van der Waals surface area contributed by atoms with E-state index in [4.69, 9.17) is 18.0 Å². The van der Waals surface area contributed by atoms with Gasteiger partial charge in [0.1, 0.15) is 11.5 Å². The lowest BCUT2D eigenvalue weighted by Crippen LogP contribution is -2.57. The fourth-order valence-corrected chi connectivity index (χ4v) is 2.47. The highest BCUT2D eigenvalue weighted by molar-refractivity contribution is 7.80. The average Bonchev–Trinajstić information content (AvgIpc) is 2.38. The molecule has 3 nitrogen and oxygen atoms in total. The van der Waals surface area contributed by atoms with E-state index in [9.17, 15) is 4.39 Å². The van der Waals surface area contributed by atoms with Gasteiger partial charge < -0.3 is 16.0 Å². The van der Waals surface area contributed by atoms with Gasteiger partial charge in [0, 0.05) is 12.7 Å². The van der Waals surface area contributed by atoms with Crippen molar-refractivity contribution >= 4 is 17.3 Å². The van der Waals surface area contributed by atoms with Crippen LogP contribution >= 0.6 is 12.2 Å². The molecule has 1 aromatic carbocycles. The number of nitrogens with one attached hydrogen (secondary N) is 1. The minimum Gasteiger partial charge on any atom is -0.376 e. The lowest BCUT2D eigenvalue weighted by atomic mass is 10.1. The normalized spacial score (nSPS) is 21.0. The van der Waals surface area contributed by atoms with Gasteiger partial charge in [-0.3, -0.25) is 0 Å². The van der Waals surface area contributed by atoms with Crippen molar-refractivity contribution in [2.75, 3.05) is 6.54 Å². The lowest BCUT2D eigenvalue weighted by Gasteiger charge is -2.41. The smallest absolute Gasteiger partial charge is 0.165 e. The first kappa shape index (κ1) is 14.5. The van der Waals surface area contributed by atoms with E-state index >= 15 is 0 Å². The van der Waals surface area contributed by atoms with Crippen molar-refractivity contribution in [3.8, 4) is 0 Å². The van der Waals surface area contributed by atoms with E-state index in [1.807, 2.05) is 37.4 Å². The molecule has 1 heterocycles. The number of hydrogen-bond acceptors (Lipinski definition) is 2. The Kier molecular flexibility index (Phi) is 4.39. The molecule has 0 spiro atoms. The van der Waals surface area contributed by atoms with Gasteiger partial charge in [-0.15, -0.1) is 0 Å². The van der Waals surface area contributed by atoms with E-state index in [0.717, 1.165) is 0 Å². The van der Waals surface area contributed by atoms with E-state index in [2.05, 4.69) is 10.2 Å². The summed E-state index contributed by atoms with van der Waals surface area (Å²) in [7, 11) is 0. The van der Waals surface area contributed by atoms with Crippen LogP contribution in [0.5, 0.6) is 0 Å². The first-order chi connectivity index (χ1) is 9.51. The summed E-state index contributed by atoms with van der Waals surface area (Å²) in [6.07, 6.45) is 8.41. The second-order valence-electron chi connectivity index (χ2n) is 4.87. The van der Waals surface area contributed by atoms with Crippen LogP contribution in [-0.2, 0) is 6.42 Å². The molecule has 0 aliphatic carbocycles. The molecule has 1 aromatic rings. The minimum absolute atomic E-state index is 0.173. The minimum atomic E-state index is -0.480. The van der Waals surface area contributed by atoms with Gasteiger partial charge in [-0.1, -0.05) is 24.3 Å². The van der Waals surface area contributed by atoms with Crippen LogP contribution in [0, 0.1) is 5.82 Å². The second kappa shape index (κ2) is 6.05. The number of halogens is 1. The molecule has 2 rings (SSSR count). The lowest BCUT2D eigenvalue weighted by molar-refractivity contribution is 0.197. The van der Waals surface area contributed by atoms with Crippen LogP contribution in [0.25, 0.3) is 0 Å². The molecule has 0 amide bonds. The largest absolute Gasteiger partial charge is 0.376 e. The summed E-state index contributed by atoms with van der Waals surface area (Å²) in [4.78, 5) is 2.05. The maximum atomic E-state index is 13.6. The molecule has 1 aliphatic rings. The first-order valence-corrected chi connectivity index (χ1v) is 6.86. The molecule has 3 N–H and O–H groups in total. The third-order valence-electron chi connectivity index (χ3n) is 3.35. The molecule has 0 radical (unpaired) electrons. The van der Waals surface area contributed by atoms with Gasteiger partial charge in [0.25, 0.3) is 0 Å². The molecule has 20 heavy (non-hydrogen) atoms. The van der Waals surface area contributed by atoms with Crippen molar-refractivity contribution < 1.29 is 4.39 Å². The summed E-state index contributed by atoms with van der Waals surface area (Å²) in [5, 5.41) is 3.30. The Morgan fingerprint density at radius 2 is 2.15 bits per heavy atom. The van der Waals surface area contributed by atoms with E-state index in [1.165, 1.54) is 6.07 Å². The third-order valence-corrected chi connectivity index (χ3v) is 3.45. The molecule has 1 atom stereocenters. The zero-order chi connectivity index (χ0) is 14.6. The van der Waals surface area contributed by atoms with Crippen molar-refractivity contribution in [1.29, 1.82) is 0 Å². The van der Waals surface area contributed by atoms with Crippen molar-refractivity contribution in [3.05, 3.63) is 60.1 Å². The van der Waals surface area contributed by atoms with Crippen LogP contribution in [-0.4, -0.2) is 22.2 Å².